The third-order valence-corrected chi connectivity index (χ3v) is 6.76. The van der Waals surface area contributed by atoms with Crippen molar-refractivity contribution in [1.29, 1.82) is 0 Å². The van der Waals surface area contributed by atoms with Crippen molar-refractivity contribution in [3.8, 4) is 0 Å². The molecule has 34 heavy (non-hydrogen) atoms. The second-order valence-electron chi connectivity index (χ2n) is 7.50. The lowest BCUT2D eigenvalue weighted by Crippen LogP contribution is -2.47. The van der Waals surface area contributed by atoms with Crippen LogP contribution in [0.15, 0.2) is 94.5 Å². The molecule has 2 aliphatic heterocycles. The second kappa shape index (κ2) is 9.95. The highest BCUT2D eigenvalue weighted by Gasteiger charge is 2.33. The SMILES string of the molecule is O=[N+]([O-])c1cccc(/C=N/N2C(c3ccccc3)=Nc3ccc(I)cc3C2NC2NC=CS2)c1. The van der Waals surface area contributed by atoms with Crippen LogP contribution in [0.2, 0.25) is 0 Å². The van der Waals surface area contributed by atoms with E-state index in [1.165, 1.54) is 12.1 Å². The van der Waals surface area contributed by atoms with Crippen LogP contribution in [0.4, 0.5) is 11.4 Å². The van der Waals surface area contributed by atoms with Gasteiger partial charge < -0.3 is 5.32 Å². The Bertz CT molecular complexity index is 1310. The fraction of sp³-hybridized carbons (Fsp3) is 0.0833. The highest BCUT2D eigenvalue weighted by atomic mass is 127. The van der Waals surface area contributed by atoms with E-state index in [2.05, 4.69) is 39.3 Å². The molecule has 8 nitrogen and oxygen atoms in total. The zero-order chi connectivity index (χ0) is 23.5. The zero-order valence-electron chi connectivity index (χ0n) is 17.7. The maximum Gasteiger partial charge on any atom is 0.270 e. The fourth-order valence-electron chi connectivity index (χ4n) is 3.69. The van der Waals surface area contributed by atoms with Crippen molar-refractivity contribution in [3.63, 3.8) is 0 Å². The van der Waals surface area contributed by atoms with Crippen molar-refractivity contribution < 1.29 is 4.92 Å². The number of halogens is 1. The maximum absolute atomic E-state index is 11.2. The molecular weight excluding hydrogens is 563 g/mol. The highest BCUT2D eigenvalue weighted by Crippen LogP contribution is 2.37. The van der Waals surface area contributed by atoms with Gasteiger partial charge in [-0.2, -0.15) is 5.10 Å². The number of hydrazone groups is 1. The average molecular weight is 582 g/mol. The lowest BCUT2D eigenvalue weighted by Gasteiger charge is -2.36. The molecule has 0 amide bonds. The van der Waals surface area contributed by atoms with Crippen LogP contribution in [-0.4, -0.2) is 27.5 Å². The number of fused-ring (bicyclic) bond motifs is 1. The standard InChI is InChI=1S/C24H19IN6O2S/c25-18-9-10-21-20(14-18)23(29-24-26-11-12-34-24)30(22(28-21)17-6-2-1-3-7-17)27-15-16-5-4-8-19(13-16)31(32)33/h1-15,23-24,26,29H/b27-15+. The van der Waals surface area contributed by atoms with E-state index in [4.69, 9.17) is 10.1 Å². The number of amidine groups is 1. The van der Waals surface area contributed by atoms with E-state index >= 15 is 0 Å². The molecule has 2 aliphatic rings. The van der Waals surface area contributed by atoms with Crippen molar-refractivity contribution >= 4 is 57.8 Å². The van der Waals surface area contributed by atoms with Crippen LogP contribution in [0.5, 0.6) is 0 Å². The summed E-state index contributed by atoms with van der Waals surface area (Å²) in [6, 6.07) is 22.4. The summed E-state index contributed by atoms with van der Waals surface area (Å²) in [4.78, 5) is 15.8. The van der Waals surface area contributed by atoms with Crippen LogP contribution < -0.4 is 10.6 Å². The summed E-state index contributed by atoms with van der Waals surface area (Å²) in [6.45, 7) is 0. The summed E-state index contributed by atoms with van der Waals surface area (Å²) in [6.07, 6.45) is 3.22. The molecule has 0 aromatic heterocycles. The molecular formula is C24H19IN6O2S. The number of aliphatic imine (C=N–C) groups is 1. The van der Waals surface area contributed by atoms with Gasteiger partial charge in [0.1, 0.15) is 11.7 Å². The van der Waals surface area contributed by atoms with Crippen LogP contribution in [0.1, 0.15) is 22.9 Å². The molecule has 2 N–H and O–H groups in total. The summed E-state index contributed by atoms with van der Waals surface area (Å²) < 4.78 is 1.09. The quantitative estimate of drug-likeness (QED) is 0.177. The van der Waals surface area contributed by atoms with Crippen molar-refractivity contribution in [2.24, 2.45) is 10.1 Å². The molecule has 170 valence electrons. The van der Waals surface area contributed by atoms with E-state index in [9.17, 15) is 10.1 Å². The van der Waals surface area contributed by atoms with E-state index in [-0.39, 0.29) is 17.4 Å². The fourth-order valence-corrected chi connectivity index (χ4v) is 4.89. The summed E-state index contributed by atoms with van der Waals surface area (Å²) in [5.74, 6) is 0.685. The molecule has 0 saturated carbocycles. The average Bonchev–Trinajstić information content (AvgIpc) is 3.37. The van der Waals surface area contributed by atoms with Gasteiger partial charge in [-0.3, -0.25) is 15.4 Å². The van der Waals surface area contributed by atoms with Gasteiger partial charge in [0.15, 0.2) is 5.84 Å². The Labute approximate surface area is 214 Å². The van der Waals surface area contributed by atoms with E-state index in [1.54, 1.807) is 30.1 Å². The molecule has 10 heteroatoms. The minimum absolute atomic E-state index is 0.0201. The Hall–Kier alpha value is -3.22. The Balaban J connectivity index is 1.60. The molecule has 0 bridgehead atoms. The van der Waals surface area contributed by atoms with E-state index in [0.717, 1.165) is 20.4 Å². The molecule has 0 fully saturated rings. The Morgan fingerprint density at radius 1 is 1.15 bits per heavy atom. The number of hydrogen-bond acceptors (Lipinski definition) is 8. The van der Waals surface area contributed by atoms with Gasteiger partial charge in [-0.25, -0.2) is 10.0 Å². The first-order chi connectivity index (χ1) is 16.6. The van der Waals surface area contributed by atoms with Crippen LogP contribution in [0.3, 0.4) is 0 Å². The number of rotatable bonds is 6. The first-order valence-electron chi connectivity index (χ1n) is 10.4. The first-order valence-corrected chi connectivity index (χ1v) is 12.4. The van der Waals surface area contributed by atoms with E-state index in [0.29, 0.717) is 11.4 Å². The van der Waals surface area contributed by atoms with Crippen molar-refractivity contribution in [1.82, 2.24) is 15.6 Å². The number of nitrogens with one attached hydrogen (secondary N) is 2. The zero-order valence-corrected chi connectivity index (χ0v) is 20.7. The third-order valence-electron chi connectivity index (χ3n) is 5.26. The second-order valence-corrected chi connectivity index (χ2v) is 9.76. The van der Waals surface area contributed by atoms with E-state index in [1.807, 2.05) is 59.1 Å². The van der Waals surface area contributed by atoms with Gasteiger partial charge in [-0.1, -0.05) is 54.2 Å². The third kappa shape index (κ3) is 4.83. The number of thioether (sulfide) groups is 1. The summed E-state index contributed by atoms with van der Waals surface area (Å²) in [5.41, 5.74) is 3.39. The van der Waals surface area contributed by atoms with Crippen LogP contribution in [0, 0.1) is 13.7 Å². The van der Waals surface area contributed by atoms with E-state index < -0.39 is 4.92 Å². The monoisotopic (exact) mass is 582 g/mol. The summed E-state index contributed by atoms with van der Waals surface area (Å²) in [7, 11) is 0. The lowest BCUT2D eigenvalue weighted by atomic mass is 10.1. The lowest BCUT2D eigenvalue weighted by molar-refractivity contribution is -0.384. The molecule has 5 rings (SSSR count). The molecule has 0 saturated heterocycles. The van der Waals surface area contributed by atoms with Crippen LogP contribution >= 0.6 is 34.4 Å². The van der Waals surface area contributed by atoms with Crippen molar-refractivity contribution in [3.05, 3.63) is 115 Å². The van der Waals surface area contributed by atoms with Crippen molar-refractivity contribution in [2.75, 3.05) is 0 Å². The first kappa shape index (κ1) is 22.6. The largest absolute Gasteiger partial charge is 0.367 e. The summed E-state index contributed by atoms with van der Waals surface area (Å²) >= 11 is 3.93. The molecule has 0 radical (unpaired) electrons. The van der Waals surface area contributed by atoms with Crippen LogP contribution in [0.25, 0.3) is 0 Å². The summed E-state index contributed by atoms with van der Waals surface area (Å²) in [5, 5.41) is 26.8. The molecule has 2 unspecified atom stereocenters. The van der Waals surface area contributed by atoms with Gasteiger partial charge >= 0.3 is 0 Å². The number of non-ortho nitro benzene ring substituents is 1. The Morgan fingerprint density at radius 2 is 2.00 bits per heavy atom. The predicted octanol–water partition coefficient (Wildman–Crippen LogP) is 5.31. The molecule has 2 heterocycles. The molecule has 3 aromatic carbocycles. The van der Waals surface area contributed by atoms with Gasteiger partial charge in [0.2, 0.25) is 0 Å². The molecule has 3 aromatic rings. The number of nitro benzene ring substituents is 1. The van der Waals surface area contributed by atoms with Gasteiger partial charge in [-0.05, 0) is 46.2 Å². The normalized spacial score (nSPS) is 19.1. The highest BCUT2D eigenvalue weighted by molar-refractivity contribution is 14.1. The Morgan fingerprint density at radius 3 is 2.76 bits per heavy atom. The van der Waals surface area contributed by atoms with Gasteiger partial charge in [0.25, 0.3) is 5.69 Å². The minimum Gasteiger partial charge on any atom is -0.367 e. The number of nitro groups is 1. The number of hydrogen-bond donors (Lipinski definition) is 2. The molecule has 0 aliphatic carbocycles. The van der Waals surface area contributed by atoms with Gasteiger partial charge in [0, 0.05) is 38.6 Å². The van der Waals surface area contributed by atoms with Crippen LogP contribution in [-0.2, 0) is 0 Å². The smallest absolute Gasteiger partial charge is 0.270 e. The van der Waals surface area contributed by atoms with Crippen molar-refractivity contribution in [2.45, 2.75) is 11.7 Å². The molecule has 2 atom stereocenters. The molecule has 0 spiro atoms. The van der Waals surface area contributed by atoms with Gasteiger partial charge in [0.05, 0.1) is 16.8 Å². The minimum atomic E-state index is -0.409. The topological polar surface area (TPSA) is 95.2 Å². The Kier molecular flexibility index (Phi) is 6.61. The maximum atomic E-state index is 11.2. The van der Waals surface area contributed by atoms with Gasteiger partial charge in [-0.15, -0.1) is 0 Å². The number of benzene rings is 3. The predicted molar refractivity (Wildman–Crippen MR) is 144 cm³/mol. The number of nitrogens with zero attached hydrogens (tertiary/aromatic N) is 4.